The van der Waals surface area contributed by atoms with Crippen molar-refractivity contribution >= 4 is 17.2 Å². The van der Waals surface area contributed by atoms with Crippen molar-refractivity contribution in [1.29, 1.82) is 0 Å². The van der Waals surface area contributed by atoms with Gasteiger partial charge >= 0.3 is 0 Å². The molecular formula is C14H18N2OS. The molecular weight excluding hydrogens is 244 g/mol. The van der Waals surface area contributed by atoms with Gasteiger partial charge in [-0.05, 0) is 43.3 Å². The van der Waals surface area contributed by atoms with E-state index in [2.05, 4.69) is 33.8 Å². The van der Waals surface area contributed by atoms with Crippen LogP contribution < -0.4 is 5.32 Å². The van der Waals surface area contributed by atoms with E-state index >= 15 is 0 Å². The number of hydrogen-bond acceptors (Lipinski definition) is 3. The van der Waals surface area contributed by atoms with Crippen LogP contribution in [0.25, 0.3) is 0 Å². The highest BCUT2D eigenvalue weighted by Crippen LogP contribution is 2.31. The second-order valence-corrected chi connectivity index (χ2v) is 5.86. The predicted octanol–water partition coefficient (Wildman–Crippen LogP) is 2.11. The number of thiophene rings is 1. The molecule has 1 aromatic rings. The largest absolute Gasteiger partial charge is 0.337 e. The lowest BCUT2D eigenvalue weighted by Crippen LogP contribution is -2.44. The fourth-order valence-corrected chi connectivity index (χ4v) is 3.97. The van der Waals surface area contributed by atoms with Crippen molar-refractivity contribution < 1.29 is 4.79 Å². The van der Waals surface area contributed by atoms with E-state index in [4.69, 9.17) is 0 Å². The second-order valence-electron chi connectivity index (χ2n) is 4.91. The lowest BCUT2D eigenvalue weighted by atomic mass is 10.1. The fraction of sp³-hybridized carbons (Fsp3) is 0.500. The van der Waals surface area contributed by atoms with Gasteiger partial charge in [0.25, 0.3) is 0 Å². The van der Waals surface area contributed by atoms with Gasteiger partial charge in [-0.3, -0.25) is 4.79 Å². The molecule has 1 aliphatic carbocycles. The minimum absolute atomic E-state index is 0.150. The number of nitrogens with zero attached hydrogens (tertiary/aromatic N) is 1. The molecule has 0 bridgehead atoms. The van der Waals surface area contributed by atoms with Crippen LogP contribution >= 0.6 is 11.3 Å². The molecule has 0 fully saturated rings. The molecule has 0 spiro atoms. The Morgan fingerprint density at radius 3 is 2.89 bits per heavy atom. The normalized spacial score (nSPS) is 24.4. The third kappa shape index (κ3) is 1.89. The molecule has 0 radical (unpaired) electrons. The van der Waals surface area contributed by atoms with Crippen LogP contribution in [0, 0.1) is 0 Å². The molecule has 0 saturated heterocycles. The molecule has 96 valence electrons. The number of carbonyl (C=O) groups is 1. The molecule has 2 aliphatic rings. The molecule has 3 rings (SSSR count). The van der Waals surface area contributed by atoms with Crippen molar-refractivity contribution in [1.82, 2.24) is 10.2 Å². The number of rotatable bonds is 2. The summed E-state index contributed by atoms with van der Waals surface area (Å²) in [6.07, 6.45) is 7.38. The van der Waals surface area contributed by atoms with Crippen LogP contribution in [0.5, 0.6) is 0 Å². The Morgan fingerprint density at radius 2 is 2.17 bits per heavy atom. The van der Waals surface area contributed by atoms with E-state index in [9.17, 15) is 4.79 Å². The highest BCUT2D eigenvalue weighted by molar-refractivity contribution is 7.10. The van der Waals surface area contributed by atoms with Crippen molar-refractivity contribution in [2.45, 2.75) is 31.3 Å². The zero-order chi connectivity index (χ0) is 12.5. The number of fused-ring (bicyclic) bond motifs is 1. The summed E-state index contributed by atoms with van der Waals surface area (Å²) >= 11 is 1.69. The van der Waals surface area contributed by atoms with Crippen LogP contribution in [-0.2, 0) is 11.2 Å². The first-order valence-corrected chi connectivity index (χ1v) is 7.38. The number of amides is 1. The van der Waals surface area contributed by atoms with Crippen LogP contribution in [0.4, 0.5) is 0 Å². The van der Waals surface area contributed by atoms with Gasteiger partial charge in [-0.1, -0.05) is 12.2 Å². The average Bonchev–Trinajstić information content (AvgIpc) is 3.01. The van der Waals surface area contributed by atoms with Crippen LogP contribution in [0.1, 0.15) is 29.3 Å². The van der Waals surface area contributed by atoms with E-state index in [1.807, 2.05) is 7.05 Å². The van der Waals surface area contributed by atoms with Crippen LogP contribution in [0.2, 0.25) is 0 Å². The van der Waals surface area contributed by atoms with E-state index in [0.717, 1.165) is 25.8 Å². The number of hydrogen-bond donors (Lipinski definition) is 1. The molecule has 1 unspecified atom stereocenters. The van der Waals surface area contributed by atoms with Crippen molar-refractivity contribution in [2.75, 3.05) is 13.6 Å². The number of carbonyl (C=O) groups excluding carboxylic acids is 1. The lowest BCUT2D eigenvalue weighted by Gasteiger charge is -2.30. The summed E-state index contributed by atoms with van der Waals surface area (Å²) < 4.78 is 0. The van der Waals surface area contributed by atoms with Crippen molar-refractivity contribution in [3.8, 4) is 0 Å². The zero-order valence-corrected chi connectivity index (χ0v) is 11.4. The van der Waals surface area contributed by atoms with Gasteiger partial charge in [0.15, 0.2) is 0 Å². The second kappa shape index (κ2) is 4.86. The maximum Gasteiger partial charge on any atom is 0.245 e. The van der Waals surface area contributed by atoms with Gasteiger partial charge in [0, 0.05) is 17.5 Å². The van der Waals surface area contributed by atoms with E-state index in [0.29, 0.717) is 6.04 Å². The first kappa shape index (κ1) is 11.9. The summed E-state index contributed by atoms with van der Waals surface area (Å²) in [5.41, 5.74) is 1.33. The topological polar surface area (TPSA) is 32.3 Å². The van der Waals surface area contributed by atoms with Crippen molar-refractivity contribution in [3.05, 3.63) is 34.0 Å². The molecule has 0 aromatic carbocycles. The Balaban J connectivity index is 1.89. The van der Waals surface area contributed by atoms with Crippen LogP contribution in [0.3, 0.4) is 0 Å². The van der Waals surface area contributed by atoms with E-state index in [1.54, 1.807) is 11.3 Å². The van der Waals surface area contributed by atoms with Gasteiger partial charge < -0.3 is 10.2 Å². The van der Waals surface area contributed by atoms with Crippen LogP contribution in [-0.4, -0.2) is 30.4 Å². The molecule has 1 N–H and O–H groups in total. The molecule has 0 saturated carbocycles. The van der Waals surface area contributed by atoms with Gasteiger partial charge in [-0.25, -0.2) is 0 Å². The predicted molar refractivity (Wildman–Crippen MR) is 73.7 cm³/mol. The lowest BCUT2D eigenvalue weighted by molar-refractivity contribution is -0.135. The SMILES string of the molecule is CNC1C(=O)N(C2CC=CC2)CCc2ccsc21. The molecule has 3 nitrogen and oxygen atoms in total. The Bertz CT molecular complexity index is 472. The van der Waals surface area contributed by atoms with Crippen LogP contribution in [0.15, 0.2) is 23.6 Å². The number of nitrogens with one attached hydrogen (secondary N) is 1. The summed E-state index contributed by atoms with van der Waals surface area (Å²) in [4.78, 5) is 15.9. The highest BCUT2D eigenvalue weighted by atomic mass is 32.1. The van der Waals surface area contributed by atoms with Gasteiger partial charge in [0.2, 0.25) is 5.91 Å². The summed E-state index contributed by atoms with van der Waals surface area (Å²) in [6, 6.07) is 2.39. The third-order valence-corrected chi connectivity index (χ3v) is 4.93. The molecule has 18 heavy (non-hydrogen) atoms. The third-order valence-electron chi connectivity index (χ3n) is 3.91. The Hall–Kier alpha value is -1.13. The smallest absolute Gasteiger partial charge is 0.245 e. The maximum absolute atomic E-state index is 12.7. The first-order chi connectivity index (χ1) is 8.81. The summed E-state index contributed by atoms with van der Waals surface area (Å²) in [5.74, 6) is 0.243. The van der Waals surface area contributed by atoms with E-state index < -0.39 is 0 Å². The summed E-state index contributed by atoms with van der Waals surface area (Å²) in [5, 5.41) is 5.28. The molecule has 4 heteroatoms. The summed E-state index contributed by atoms with van der Waals surface area (Å²) in [7, 11) is 1.88. The average molecular weight is 262 g/mol. The maximum atomic E-state index is 12.7. The zero-order valence-electron chi connectivity index (χ0n) is 10.6. The van der Waals surface area contributed by atoms with Crippen molar-refractivity contribution in [3.63, 3.8) is 0 Å². The molecule has 1 atom stereocenters. The van der Waals surface area contributed by atoms with E-state index in [-0.39, 0.29) is 11.9 Å². The summed E-state index contributed by atoms with van der Waals surface area (Å²) in [6.45, 7) is 0.854. The minimum atomic E-state index is -0.150. The molecule has 1 aliphatic heterocycles. The molecule has 2 heterocycles. The van der Waals surface area contributed by atoms with Gasteiger partial charge in [-0.2, -0.15) is 0 Å². The standard InChI is InChI=1S/C14H18N2OS/c1-15-12-13-10(7-9-18-13)6-8-16(14(12)17)11-4-2-3-5-11/h2-3,7,9,11-12,15H,4-6,8H2,1H3. The molecule has 1 amide bonds. The van der Waals surface area contributed by atoms with Gasteiger partial charge in [0.1, 0.15) is 6.04 Å². The highest BCUT2D eigenvalue weighted by Gasteiger charge is 2.34. The minimum Gasteiger partial charge on any atom is -0.337 e. The first-order valence-electron chi connectivity index (χ1n) is 6.50. The van der Waals surface area contributed by atoms with Gasteiger partial charge in [-0.15, -0.1) is 11.3 Å². The van der Waals surface area contributed by atoms with E-state index in [1.165, 1.54) is 10.4 Å². The van der Waals surface area contributed by atoms with Crippen molar-refractivity contribution in [2.24, 2.45) is 0 Å². The monoisotopic (exact) mass is 262 g/mol. The van der Waals surface area contributed by atoms with Gasteiger partial charge in [0.05, 0.1) is 0 Å². The quantitative estimate of drug-likeness (QED) is 0.828. The Kier molecular flexibility index (Phi) is 3.22. The molecule has 1 aromatic heterocycles. The Labute approximate surface area is 111 Å². The number of likely N-dealkylation sites (N-methyl/N-ethyl adjacent to an activating group) is 1. The Morgan fingerprint density at radius 1 is 1.39 bits per heavy atom. The fourth-order valence-electron chi connectivity index (χ4n) is 2.91.